The lowest BCUT2D eigenvalue weighted by atomic mass is 9.83. The first kappa shape index (κ1) is 21.7. The van der Waals surface area contributed by atoms with Crippen LogP contribution in [0.2, 0.25) is 0 Å². The quantitative estimate of drug-likeness (QED) is 0.358. The maximum atomic E-state index is 12.6. The molecule has 1 atom stereocenters. The molecule has 1 aliphatic rings. The van der Waals surface area contributed by atoms with Crippen molar-refractivity contribution in [3.05, 3.63) is 105 Å². The molecule has 0 bridgehead atoms. The predicted octanol–water partition coefficient (Wildman–Crippen LogP) is 6.01. The molecule has 160 valence electrons. The number of rotatable bonds is 4. The number of benzene rings is 3. The van der Waals surface area contributed by atoms with Crippen molar-refractivity contribution < 1.29 is 14.3 Å². The van der Waals surface area contributed by atoms with Crippen LogP contribution in [0, 0.1) is 11.3 Å². The van der Waals surface area contributed by atoms with E-state index < -0.39 is 5.97 Å². The second-order valence-corrected chi connectivity index (χ2v) is 8.67. The second-order valence-electron chi connectivity index (χ2n) is 7.82. The van der Waals surface area contributed by atoms with E-state index in [4.69, 9.17) is 15.2 Å². The van der Waals surface area contributed by atoms with E-state index in [9.17, 15) is 10.1 Å². The molecular formula is C26H21BrN2O3. The Morgan fingerprint density at radius 2 is 1.84 bits per heavy atom. The number of carbonyl (C=O) groups excluding carboxylic acids is 1. The summed E-state index contributed by atoms with van der Waals surface area (Å²) in [6, 6.07) is 22.5. The molecule has 1 aliphatic heterocycles. The third-order valence-electron chi connectivity index (χ3n) is 5.43. The van der Waals surface area contributed by atoms with Gasteiger partial charge in [0.1, 0.15) is 23.1 Å². The Morgan fingerprint density at radius 3 is 2.50 bits per heavy atom. The number of nitrogens with zero attached hydrogens (tertiary/aromatic N) is 1. The smallest absolute Gasteiger partial charge is 0.344 e. The predicted molar refractivity (Wildman–Crippen MR) is 125 cm³/mol. The number of nitriles is 1. The zero-order valence-electron chi connectivity index (χ0n) is 17.6. The minimum absolute atomic E-state index is 0.0483. The molecule has 32 heavy (non-hydrogen) atoms. The van der Waals surface area contributed by atoms with Gasteiger partial charge in [-0.15, -0.1) is 0 Å². The van der Waals surface area contributed by atoms with Gasteiger partial charge in [-0.05, 0) is 51.2 Å². The molecule has 6 heteroatoms. The lowest BCUT2D eigenvalue weighted by Crippen LogP contribution is -2.21. The molecule has 3 aromatic rings. The first-order chi connectivity index (χ1) is 15.4. The molecule has 0 fully saturated rings. The largest absolute Gasteiger partial charge is 0.440 e. The van der Waals surface area contributed by atoms with Crippen molar-refractivity contribution in [1.29, 1.82) is 5.26 Å². The van der Waals surface area contributed by atoms with Gasteiger partial charge < -0.3 is 15.2 Å². The van der Waals surface area contributed by atoms with Gasteiger partial charge >= 0.3 is 5.97 Å². The zero-order chi connectivity index (χ0) is 22.8. The van der Waals surface area contributed by atoms with Crippen LogP contribution in [0.3, 0.4) is 0 Å². The van der Waals surface area contributed by atoms with Crippen molar-refractivity contribution in [3.63, 3.8) is 0 Å². The van der Waals surface area contributed by atoms with E-state index in [0.717, 1.165) is 11.1 Å². The van der Waals surface area contributed by atoms with Crippen LogP contribution in [0.25, 0.3) is 0 Å². The van der Waals surface area contributed by atoms with E-state index in [1.807, 2.05) is 24.3 Å². The highest BCUT2D eigenvalue weighted by atomic mass is 79.9. The summed E-state index contributed by atoms with van der Waals surface area (Å²) in [5.41, 5.74) is 9.81. The fourth-order valence-corrected chi connectivity index (χ4v) is 4.15. The number of hydrogen-bond donors (Lipinski definition) is 1. The van der Waals surface area contributed by atoms with Gasteiger partial charge in [-0.2, -0.15) is 5.26 Å². The maximum absolute atomic E-state index is 12.6. The van der Waals surface area contributed by atoms with Gasteiger partial charge in [-0.3, -0.25) is 0 Å². The third-order valence-corrected chi connectivity index (χ3v) is 6.12. The Kier molecular flexibility index (Phi) is 6.02. The fraction of sp³-hybridized carbons (Fsp3) is 0.154. The highest BCUT2D eigenvalue weighted by molar-refractivity contribution is 9.10. The minimum atomic E-state index is -0.490. The van der Waals surface area contributed by atoms with Crippen LogP contribution >= 0.6 is 15.9 Å². The van der Waals surface area contributed by atoms with E-state index in [0.29, 0.717) is 33.0 Å². The highest BCUT2D eigenvalue weighted by Crippen LogP contribution is 2.43. The first-order valence-electron chi connectivity index (χ1n) is 10.2. The number of hydrogen-bond acceptors (Lipinski definition) is 5. The van der Waals surface area contributed by atoms with Gasteiger partial charge in [0.25, 0.3) is 0 Å². The molecule has 0 spiro atoms. The molecule has 0 saturated heterocycles. The van der Waals surface area contributed by atoms with Crippen LogP contribution in [0.1, 0.15) is 52.7 Å². The number of fused-ring (bicyclic) bond motifs is 1. The van der Waals surface area contributed by atoms with Crippen LogP contribution in [-0.2, 0) is 0 Å². The Bertz CT molecular complexity index is 1260. The number of esters is 1. The summed E-state index contributed by atoms with van der Waals surface area (Å²) in [5.74, 6) is 0.382. The van der Waals surface area contributed by atoms with Crippen LogP contribution in [-0.4, -0.2) is 5.97 Å². The van der Waals surface area contributed by atoms with Gasteiger partial charge in [0.05, 0.1) is 11.5 Å². The van der Waals surface area contributed by atoms with Crippen molar-refractivity contribution in [3.8, 4) is 17.6 Å². The maximum Gasteiger partial charge on any atom is 0.344 e. The van der Waals surface area contributed by atoms with Crippen LogP contribution in [0.5, 0.6) is 11.5 Å². The van der Waals surface area contributed by atoms with Crippen molar-refractivity contribution in [2.75, 3.05) is 0 Å². The molecule has 3 aromatic carbocycles. The average Bonchev–Trinajstić information content (AvgIpc) is 2.78. The molecule has 0 saturated carbocycles. The van der Waals surface area contributed by atoms with E-state index in [-0.39, 0.29) is 11.8 Å². The molecule has 1 heterocycles. The summed E-state index contributed by atoms with van der Waals surface area (Å²) in [6.45, 7) is 4.27. The zero-order valence-corrected chi connectivity index (χ0v) is 19.2. The lowest BCUT2D eigenvalue weighted by Gasteiger charge is -2.27. The van der Waals surface area contributed by atoms with Crippen molar-refractivity contribution in [2.24, 2.45) is 5.73 Å². The number of ether oxygens (including phenoxy) is 2. The molecule has 2 N–H and O–H groups in total. The highest BCUT2D eigenvalue weighted by Gasteiger charge is 2.31. The van der Waals surface area contributed by atoms with Crippen molar-refractivity contribution in [2.45, 2.75) is 25.7 Å². The Hall–Kier alpha value is -3.56. The molecule has 0 aliphatic carbocycles. The summed E-state index contributed by atoms with van der Waals surface area (Å²) in [7, 11) is 0. The van der Waals surface area contributed by atoms with Crippen LogP contribution in [0.4, 0.5) is 0 Å². The Morgan fingerprint density at radius 1 is 1.12 bits per heavy atom. The average molecular weight is 489 g/mol. The van der Waals surface area contributed by atoms with E-state index >= 15 is 0 Å². The molecule has 4 rings (SSSR count). The number of carbonyl (C=O) groups is 1. The molecule has 0 amide bonds. The summed E-state index contributed by atoms with van der Waals surface area (Å²) in [5, 5.41) is 9.75. The van der Waals surface area contributed by atoms with Gasteiger partial charge in [-0.1, -0.05) is 56.3 Å². The topological polar surface area (TPSA) is 85.3 Å². The standard InChI is InChI=1S/C26H21BrN2O3/c1-15(2)16-7-9-17(10-8-16)24-20-12-11-18(13-23(20)32-25(29)21(24)14-28)31-26(30)19-5-3-4-6-22(19)27/h3-13,15,24H,29H2,1-2H3. The Balaban J connectivity index is 1.69. The molecule has 0 aromatic heterocycles. The monoisotopic (exact) mass is 488 g/mol. The first-order valence-corrected chi connectivity index (χ1v) is 11.0. The van der Waals surface area contributed by atoms with Crippen molar-refractivity contribution in [1.82, 2.24) is 0 Å². The Labute approximate surface area is 195 Å². The van der Waals surface area contributed by atoms with Gasteiger partial charge in [0.15, 0.2) is 0 Å². The van der Waals surface area contributed by atoms with Crippen molar-refractivity contribution >= 4 is 21.9 Å². The third kappa shape index (κ3) is 4.12. The molecule has 0 radical (unpaired) electrons. The van der Waals surface area contributed by atoms with E-state index in [1.165, 1.54) is 5.56 Å². The summed E-state index contributed by atoms with van der Waals surface area (Å²) >= 11 is 3.36. The number of allylic oxidation sites excluding steroid dienone is 1. The van der Waals surface area contributed by atoms with Gasteiger partial charge in [0, 0.05) is 16.1 Å². The second kappa shape index (κ2) is 8.89. The van der Waals surface area contributed by atoms with E-state index in [1.54, 1.807) is 30.3 Å². The molecule has 5 nitrogen and oxygen atoms in total. The summed E-state index contributed by atoms with van der Waals surface area (Å²) in [4.78, 5) is 12.6. The number of halogens is 1. The fourth-order valence-electron chi connectivity index (χ4n) is 3.70. The minimum Gasteiger partial charge on any atom is -0.440 e. The van der Waals surface area contributed by atoms with E-state index in [2.05, 4.69) is 48.0 Å². The van der Waals surface area contributed by atoms with Crippen LogP contribution < -0.4 is 15.2 Å². The molecule has 1 unspecified atom stereocenters. The molecular weight excluding hydrogens is 468 g/mol. The van der Waals surface area contributed by atoms with Gasteiger partial charge in [-0.25, -0.2) is 4.79 Å². The lowest BCUT2D eigenvalue weighted by molar-refractivity contribution is 0.0733. The van der Waals surface area contributed by atoms with Gasteiger partial charge in [0.2, 0.25) is 5.88 Å². The summed E-state index contributed by atoms with van der Waals surface area (Å²) < 4.78 is 11.9. The van der Waals surface area contributed by atoms with Crippen LogP contribution in [0.15, 0.2) is 82.7 Å². The number of nitrogens with two attached hydrogens (primary N) is 1. The normalized spacial score (nSPS) is 15.0. The SMILES string of the molecule is CC(C)c1ccc(C2C(C#N)=C(N)Oc3cc(OC(=O)c4ccccc4Br)ccc32)cc1. The summed E-state index contributed by atoms with van der Waals surface area (Å²) in [6.07, 6.45) is 0.